The number of hydrogen-bond donors (Lipinski definition) is 1. The highest BCUT2D eigenvalue weighted by molar-refractivity contribution is 6.31. The van der Waals surface area contributed by atoms with E-state index in [9.17, 15) is 0 Å². The molecule has 0 fully saturated rings. The van der Waals surface area contributed by atoms with Crippen LogP contribution >= 0.6 is 23.2 Å². The SMILES string of the molecule is Cc1ccc(CN[C@H](C)c2cccc(Cl)c2)cc1Cl. The predicted molar refractivity (Wildman–Crippen MR) is 82.9 cm³/mol. The second-order valence-electron chi connectivity index (χ2n) is 4.74. The van der Waals surface area contributed by atoms with Crippen LogP contribution in [0.5, 0.6) is 0 Å². The molecule has 3 heteroatoms. The molecule has 0 heterocycles. The van der Waals surface area contributed by atoms with E-state index in [0.29, 0.717) is 0 Å². The summed E-state index contributed by atoms with van der Waals surface area (Å²) in [5, 5.41) is 5.05. The molecule has 0 spiro atoms. The Morgan fingerprint density at radius 3 is 2.58 bits per heavy atom. The topological polar surface area (TPSA) is 12.0 Å². The first kappa shape index (κ1) is 14.4. The summed E-state index contributed by atoms with van der Waals surface area (Å²) in [6.07, 6.45) is 0. The van der Waals surface area contributed by atoms with E-state index in [-0.39, 0.29) is 6.04 Å². The van der Waals surface area contributed by atoms with Gasteiger partial charge in [-0.3, -0.25) is 0 Å². The number of hydrogen-bond acceptors (Lipinski definition) is 1. The molecule has 0 aromatic heterocycles. The van der Waals surface area contributed by atoms with Gasteiger partial charge in [-0.05, 0) is 48.7 Å². The van der Waals surface area contributed by atoms with E-state index in [2.05, 4.69) is 24.4 Å². The Morgan fingerprint density at radius 1 is 1.11 bits per heavy atom. The maximum Gasteiger partial charge on any atom is 0.0438 e. The highest BCUT2D eigenvalue weighted by Gasteiger charge is 2.05. The van der Waals surface area contributed by atoms with Crippen LogP contribution in [-0.4, -0.2) is 0 Å². The molecule has 0 aliphatic rings. The quantitative estimate of drug-likeness (QED) is 0.822. The Bertz CT molecular complexity index is 566. The van der Waals surface area contributed by atoms with Crippen LogP contribution in [0.1, 0.15) is 29.7 Å². The number of halogens is 2. The van der Waals surface area contributed by atoms with E-state index in [0.717, 1.165) is 22.2 Å². The lowest BCUT2D eigenvalue weighted by Gasteiger charge is -2.15. The van der Waals surface area contributed by atoms with Gasteiger partial charge >= 0.3 is 0 Å². The van der Waals surface area contributed by atoms with Gasteiger partial charge in [0.2, 0.25) is 0 Å². The molecule has 1 atom stereocenters. The molecule has 1 N–H and O–H groups in total. The molecule has 19 heavy (non-hydrogen) atoms. The van der Waals surface area contributed by atoms with Crippen molar-refractivity contribution in [2.75, 3.05) is 0 Å². The molecule has 0 radical (unpaired) electrons. The number of nitrogens with one attached hydrogen (secondary N) is 1. The van der Waals surface area contributed by atoms with Gasteiger partial charge in [0.1, 0.15) is 0 Å². The van der Waals surface area contributed by atoms with Crippen molar-refractivity contribution in [1.29, 1.82) is 0 Å². The van der Waals surface area contributed by atoms with Gasteiger partial charge in [0.15, 0.2) is 0 Å². The van der Waals surface area contributed by atoms with Crippen molar-refractivity contribution >= 4 is 23.2 Å². The Morgan fingerprint density at radius 2 is 1.89 bits per heavy atom. The van der Waals surface area contributed by atoms with Crippen molar-refractivity contribution in [3.63, 3.8) is 0 Å². The fourth-order valence-electron chi connectivity index (χ4n) is 1.91. The third-order valence-corrected chi connectivity index (χ3v) is 3.84. The Kier molecular flexibility index (Phi) is 4.87. The molecule has 0 amide bonds. The van der Waals surface area contributed by atoms with E-state index in [1.54, 1.807) is 0 Å². The normalized spacial score (nSPS) is 12.4. The zero-order valence-electron chi connectivity index (χ0n) is 11.1. The first-order valence-electron chi connectivity index (χ1n) is 6.30. The van der Waals surface area contributed by atoms with Gasteiger partial charge in [0.05, 0.1) is 0 Å². The first-order valence-corrected chi connectivity index (χ1v) is 7.06. The highest BCUT2D eigenvalue weighted by Crippen LogP contribution is 2.19. The van der Waals surface area contributed by atoms with Gasteiger partial charge < -0.3 is 5.32 Å². The zero-order chi connectivity index (χ0) is 13.8. The van der Waals surface area contributed by atoms with Crippen LogP contribution in [0.25, 0.3) is 0 Å². The molecule has 0 saturated carbocycles. The van der Waals surface area contributed by atoms with Crippen molar-refractivity contribution in [2.45, 2.75) is 26.4 Å². The summed E-state index contributed by atoms with van der Waals surface area (Å²) in [6.45, 7) is 4.92. The molecule has 2 aromatic rings. The highest BCUT2D eigenvalue weighted by atomic mass is 35.5. The number of benzene rings is 2. The third kappa shape index (κ3) is 3.97. The van der Waals surface area contributed by atoms with E-state index >= 15 is 0 Å². The molecule has 2 aromatic carbocycles. The van der Waals surface area contributed by atoms with Crippen molar-refractivity contribution in [3.8, 4) is 0 Å². The van der Waals surface area contributed by atoms with Crippen molar-refractivity contribution in [2.24, 2.45) is 0 Å². The van der Waals surface area contributed by atoms with Crippen molar-refractivity contribution in [3.05, 3.63) is 69.2 Å². The molecule has 0 bridgehead atoms. The summed E-state index contributed by atoms with van der Waals surface area (Å²) in [7, 11) is 0. The van der Waals surface area contributed by atoms with Gasteiger partial charge in [0, 0.05) is 22.6 Å². The molecule has 100 valence electrons. The summed E-state index contributed by atoms with van der Waals surface area (Å²) in [6, 6.07) is 14.3. The van der Waals surface area contributed by atoms with Gasteiger partial charge in [-0.2, -0.15) is 0 Å². The lowest BCUT2D eigenvalue weighted by Crippen LogP contribution is -2.18. The minimum Gasteiger partial charge on any atom is -0.306 e. The summed E-state index contributed by atoms with van der Waals surface area (Å²) in [5.74, 6) is 0. The minimum absolute atomic E-state index is 0.249. The summed E-state index contributed by atoms with van der Waals surface area (Å²) >= 11 is 12.1. The number of aryl methyl sites for hydroxylation is 1. The fourth-order valence-corrected chi connectivity index (χ4v) is 2.31. The van der Waals surface area contributed by atoms with E-state index in [1.165, 1.54) is 11.1 Å². The van der Waals surface area contributed by atoms with Crippen molar-refractivity contribution < 1.29 is 0 Å². The van der Waals surface area contributed by atoms with Crippen LogP contribution in [0.2, 0.25) is 10.0 Å². The smallest absolute Gasteiger partial charge is 0.0438 e. The minimum atomic E-state index is 0.249. The van der Waals surface area contributed by atoms with E-state index in [1.807, 2.05) is 37.3 Å². The lowest BCUT2D eigenvalue weighted by atomic mass is 10.1. The van der Waals surface area contributed by atoms with Gasteiger partial charge in [-0.1, -0.05) is 47.5 Å². The molecular weight excluding hydrogens is 277 g/mol. The average Bonchev–Trinajstić information content (AvgIpc) is 2.40. The summed E-state index contributed by atoms with van der Waals surface area (Å²) < 4.78 is 0. The molecule has 1 nitrogen and oxygen atoms in total. The van der Waals surface area contributed by atoms with Crippen molar-refractivity contribution in [1.82, 2.24) is 5.32 Å². The van der Waals surface area contributed by atoms with Crippen LogP contribution in [0.3, 0.4) is 0 Å². The molecule has 0 unspecified atom stereocenters. The lowest BCUT2D eigenvalue weighted by molar-refractivity contribution is 0.575. The van der Waals surface area contributed by atoms with Crippen LogP contribution < -0.4 is 5.32 Å². The fraction of sp³-hybridized carbons (Fsp3) is 0.250. The van der Waals surface area contributed by atoms with Crippen LogP contribution in [0.4, 0.5) is 0 Å². The molecule has 0 aliphatic carbocycles. The van der Waals surface area contributed by atoms with E-state index in [4.69, 9.17) is 23.2 Å². The monoisotopic (exact) mass is 293 g/mol. The maximum atomic E-state index is 6.12. The zero-order valence-corrected chi connectivity index (χ0v) is 12.6. The second kappa shape index (κ2) is 6.42. The average molecular weight is 294 g/mol. The standard InChI is InChI=1S/C16H17Cl2N/c1-11-6-7-13(8-16(11)18)10-19-12(2)14-4-3-5-15(17)9-14/h3-9,12,19H,10H2,1-2H3/t12-/m1/s1. The molecule has 0 saturated heterocycles. The Hall–Kier alpha value is -1.02. The van der Waals surface area contributed by atoms with Gasteiger partial charge in [0.25, 0.3) is 0 Å². The van der Waals surface area contributed by atoms with Crippen LogP contribution in [0.15, 0.2) is 42.5 Å². The molecule has 2 rings (SSSR count). The molecule has 0 aliphatic heterocycles. The molecular formula is C16H17Cl2N. The van der Waals surface area contributed by atoms with Gasteiger partial charge in [-0.15, -0.1) is 0 Å². The third-order valence-electron chi connectivity index (χ3n) is 3.20. The Balaban J connectivity index is 2.00. The Labute approximate surface area is 124 Å². The second-order valence-corrected chi connectivity index (χ2v) is 5.58. The largest absolute Gasteiger partial charge is 0.306 e. The summed E-state index contributed by atoms with van der Waals surface area (Å²) in [5.41, 5.74) is 3.48. The summed E-state index contributed by atoms with van der Waals surface area (Å²) in [4.78, 5) is 0. The first-order chi connectivity index (χ1) is 9.06. The maximum absolute atomic E-state index is 6.12. The predicted octanol–water partition coefficient (Wildman–Crippen LogP) is 5.15. The van der Waals surface area contributed by atoms with Crippen LogP contribution in [-0.2, 0) is 6.54 Å². The van der Waals surface area contributed by atoms with Crippen LogP contribution in [0, 0.1) is 6.92 Å². The van der Waals surface area contributed by atoms with Gasteiger partial charge in [-0.25, -0.2) is 0 Å². The number of rotatable bonds is 4. The van der Waals surface area contributed by atoms with E-state index < -0.39 is 0 Å².